The molecule has 0 bridgehead atoms. The van der Waals surface area contributed by atoms with Crippen LogP contribution in [0.2, 0.25) is 0 Å². The van der Waals surface area contributed by atoms with E-state index in [1.54, 1.807) is 6.07 Å². The lowest BCUT2D eigenvalue weighted by atomic mass is 10.0. The van der Waals surface area contributed by atoms with Crippen LogP contribution in [0.3, 0.4) is 0 Å². The second kappa shape index (κ2) is 4.70. The first kappa shape index (κ1) is 13.1. The number of anilines is 1. The Kier molecular flexibility index (Phi) is 2.79. The first-order valence-corrected chi connectivity index (χ1v) is 7.36. The molecule has 2 aromatic carbocycles. The maximum Gasteiger partial charge on any atom is 0.142 e. The number of fused-ring (bicyclic) bond motifs is 3. The third kappa shape index (κ3) is 1.84. The van der Waals surface area contributed by atoms with Gasteiger partial charge in [0.1, 0.15) is 23.2 Å². The summed E-state index contributed by atoms with van der Waals surface area (Å²) in [5.41, 5.74) is 11.2. The SMILES string of the molecule is Cc1ccccc1-c1nc2n(c1N)CCc1ccc(F)cc1-2. The molecule has 2 N–H and O–H groups in total. The summed E-state index contributed by atoms with van der Waals surface area (Å²) >= 11 is 0. The molecule has 2 heterocycles. The fourth-order valence-electron chi connectivity index (χ4n) is 3.14. The number of benzene rings is 2. The fourth-order valence-corrected chi connectivity index (χ4v) is 3.14. The number of aromatic nitrogens is 2. The average molecular weight is 293 g/mol. The van der Waals surface area contributed by atoms with Crippen LogP contribution in [-0.4, -0.2) is 9.55 Å². The molecule has 0 amide bonds. The molecule has 0 saturated heterocycles. The molecule has 3 nitrogen and oxygen atoms in total. The van der Waals surface area contributed by atoms with Gasteiger partial charge in [0.15, 0.2) is 0 Å². The number of nitrogen functional groups attached to an aromatic ring is 1. The van der Waals surface area contributed by atoms with Crippen LogP contribution < -0.4 is 5.73 Å². The Labute approximate surface area is 128 Å². The summed E-state index contributed by atoms with van der Waals surface area (Å²) in [5, 5.41) is 0. The number of rotatable bonds is 1. The fraction of sp³-hybridized carbons (Fsp3) is 0.167. The smallest absolute Gasteiger partial charge is 0.142 e. The van der Waals surface area contributed by atoms with Crippen LogP contribution in [0, 0.1) is 12.7 Å². The molecule has 1 aliphatic heterocycles. The monoisotopic (exact) mass is 293 g/mol. The highest BCUT2D eigenvalue weighted by Gasteiger charge is 2.24. The van der Waals surface area contributed by atoms with Crippen molar-refractivity contribution in [3.8, 4) is 22.6 Å². The van der Waals surface area contributed by atoms with Crippen LogP contribution in [0.5, 0.6) is 0 Å². The molecule has 0 saturated carbocycles. The second-order valence-electron chi connectivity index (χ2n) is 5.69. The summed E-state index contributed by atoms with van der Waals surface area (Å²) in [5.74, 6) is 1.17. The Morgan fingerprint density at radius 3 is 2.77 bits per heavy atom. The van der Waals surface area contributed by atoms with Crippen molar-refractivity contribution < 1.29 is 4.39 Å². The standard InChI is InChI=1S/C18H16FN3/c1-11-4-2-3-5-14(11)16-17(20)22-9-8-12-6-7-13(19)10-15(12)18(22)21-16/h2-7,10H,8-9,20H2,1H3. The van der Waals surface area contributed by atoms with Gasteiger partial charge in [-0.2, -0.15) is 0 Å². The molecular weight excluding hydrogens is 277 g/mol. The summed E-state index contributed by atoms with van der Waals surface area (Å²) < 4.78 is 15.6. The highest BCUT2D eigenvalue weighted by atomic mass is 19.1. The topological polar surface area (TPSA) is 43.8 Å². The van der Waals surface area contributed by atoms with Crippen molar-refractivity contribution in [2.75, 3.05) is 5.73 Å². The molecule has 0 atom stereocenters. The average Bonchev–Trinajstić information content (AvgIpc) is 2.85. The zero-order chi connectivity index (χ0) is 15.3. The molecule has 1 aliphatic rings. The Balaban J connectivity index is 1.95. The zero-order valence-electron chi connectivity index (χ0n) is 12.3. The van der Waals surface area contributed by atoms with E-state index in [0.29, 0.717) is 5.82 Å². The number of nitrogens with two attached hydrogens (primary N) is 1. The van der Waals surface area contributed by atoms with E-state index in [1.807, 2.05) is 41.8 Å². The van der Waals surface area contributed by atoms with Crippen molar-refractivity contribution >= 4 is 5.82 Å². The minimum Gasteiger partial charge on any atom is -0.383 e. The summed E-state index contributed by atoms with van der Waals surface area (Å²) in [4.78, 5) is 4.74. The minimum atomic E-state index is -0.244. The Morgan fingerprint density at radius 1 is 1.14 bits per heavy atom. The van der Waals surface area contributed by atoms with Crippen molar-refractivity contribution in [2.24, 2.45) is 0 Å². The summed E-state index contributed by atoms with van der Waals surface area (Å²) in [6.07, 6.45) is 0.844. The maximum atomic E-state index is 13.6. The predicted octanol–water partition coefficient (Wildman–Crippen LogP) is 3.80. The summed E-state index contributed by atoms with van der Waals surface area (Å²) in [6.45, 7) is 2.82. The van der Waals surface area contributed by atoms with E-state index in [-0.39, 0.29) is 5.82 Å². The molecule has 110 valence electrons. The van der Waals surface area contributed by atoms with E-state index >= 15 is 0 Å². The van der Waals surface area contributed by atoms with Gasteiger partial charge in [-0.25, -0.2) is 9.37 Å². The number of hydrogen-bond acceptors (Lipinski definition) is 2. The Hall–Kier alpha value is -2.62. The van der Waals surface area contributed by atoms with Crippen LogP contribution in [0.15, 0.2) is 42.5 Å². The number of halogens is 1. The molecule has 3 aromatic rings. The van der Waals surface area contributed by atoms with E-state index < -0.39 is 0 Å². The maximum absolute atomic E-state index is 13.6. The van der Waals surface area contributed by atoms with Gasteiger partial charge in [0, 0.05) is 17.7 Å². The Bertz CT molecular complexity index is 880. The number of imidazole rings is 1. The van der Waals surface area contributed by atoms with Crippen LogP contribution >= 0.6 is 0 Å². The van der Waals surface area contributed by atoms with Crippen LogP contribution in [0.4, 0.5) is 10.2 Å². The van der Waals surface area contributed by atoms with Crippen molar-refractivity contribution in [1.29, 1.82) is 0 Å². The third-order valence-electron chi connectivity index (χ3n) is 4.32. The van der Waals surface area contributed by atoms with Gasteiger partial charge in [-0.05, 0) is 36.6 Å². The van der Waals surface area contributed by atoms with Gasteiger partial charge in [0.2, 0.25) is 0 Å². The van der Waals surface area contributed by atoms with Gasteiger partial charge in [0.25, 0.3) is 0 Å². The van der Waals surface area contributed by atoms with Gasteiger partial charge in [0.05, 0.1) is 0 Å². The van der Waals surface area contributed by atoms with Gasteiger partial charge in [-0.3, -0.25) is 0 Å². The molecular formula is C18H16FN3. The highest BCUT2D eigenvalue weighted by molar-refractivity contribution is 5.78. The van der Waals surface area contributed by atoms with E-state index in [0.717, 1.165) is 46.7 Å². The number of aryl methyl sites for hydroxylation is 2. The van der Waals surface area contributed by atoms with Crippen LogP contribution in [0.25, 0.3) is 22.6 Å². The second-order valence-corrected chi connectivity index (χ2v) is 5.69. The number of hydrogen-bond donors (Lipinski definition) is 1. The zero-order valence-corrected chi connectivity index (χ0v) is 12.3. The van der Waals surface area contributed by atoms with Gasteiger partial charge >= 0.3 is 0 Å². The lowest BCUT2D eigenvalue weighted by Gasteiger charge is -2.18. The van der Waals surface area contributed by atoms with E-state index in [1.165, 1.54) is 6.07 Å². The van der Waals surface area contributed by atoms with Crippen molar-refractivity contribution in [2.45, 2.75) is 19.9 Å². The lowest BCUT2D eigenvalue weighted by Crippen LogP contribution is -2.13. The summed E-state index contributed by atoms with van der Waals surface area (Å²) in [7, 11) is 0. The van der Waals surface area contributed by atoms with E-state index in [2.05, 4.69) is 0 Å². The van der Waals surface area contributed by atoms with Gasteiger partial charge in [-0.1, -0.05) is 30.3 Å². The number of nitrogens with zero attached hydrogens (tertiary/aromatic N) is 2. The van der Waals surface area contributed by atoms with Crippen LogP contribution in [0.1, 0.15) is 11.1 Å². The predicted molar refractivity (Wildman–Crippen MR) is 85.9 cm³/mol. The van der Waals surface area contributed by atoms with E-state index in [9.17, 15) is 4.39 Å². The van der Waals surface area contributed by atoms with Gasteiger partial charge < -0.3 is 10.3 Å². The molecule has 0 fully saturated rings. The summed E-state index contributed by atoms with van der Waals surface area (Å²) in [6, 6.07) is 12.9. The van der Waals surface area contributed by atoms with Crippen LogP contribution in [-0.2, 0) is 13.0 Å². The van der Waals surface area contributed by atoms with Gasteiger partial charge in [-0.15, -0.1) is 0 Å². The van der Waals surface area contributed by atoms with Crippen molar-refractivity contribution in [3.05, 3.63) is 59.4 Å². The molecule has 1 aromatic heterocycles. The molecule has 0 aliphatic carbocycles. The molecule has 4 heteroatoms. The first-order valence-electron chi connectivity index (χ1n) is 7.36. The first-order chi connectivity index (χ1) is 10.6. The molecule has 0 spiro atoms. The molecule has 22 heavy (non-hydrogen) atoms. The largest absolute Gasteiger partial charge is 0.383 e. The Morgan fingerprint density at radius 2 is 1.95 bits per heavy atom. The normalized spacial score (nSPS) is 12.8. The molecule has 0 radical (unpaired) electrons. The van der Waals surface area contributed by atoms with Crippen molar-refractivity contribution in [3.63, 3.8) is 0 Å². The quantitative estimate of drug-likeness (QED) is 0.741. The molecule has 0 unspecified atom stereocenters. The van der Waals surface area contributed by atoms with Crippen molar-refractivity contribution in [1.82, 2.24) is 9.55 Å². The third-order valence-corrected chi connectivity index (χ3v) is 4.32. The highest BCUT2D eigenvalue weighted by Crippen LogP contribution is 2.37. The lowest BCUT2D eigenvalue weighted by molar-refractivity contribution is 0.623. The van der Waals surface area contributed by atoms with E-state index in [4.69, 9.17) is 10.7 Å². The minimum absolute atomic E-state index is 0.244. The molecule has 4 rings (SSSR count).